The van der Waals surface area contributed by atoms with E-state index in [4.69, 9.17) is 4.74 Å². The number of hydrogen-bond donors (Lipinski definition) is 1. The summed E-state index contributed by atoms with van der Waals surface area (Å²) in [6, 6.07) is 4.09. The highest BCUT2D eigenvalue weighted by Gasteiger charge is 2.19. The number of ether oxygens (including phenoxy) is 1. The van der Waals surface area contributed by atoms with Crippen molar-refractivity contribution in [3.63, 3.8) is 0 Å². The molecule has 4 nitrogen and oxygen atoms in total. The molecule has 1 aromatic carbocycles. The molecule has 1 saturated heterocycles. The Labute approximate surface area is 107 Å². The van der Waals surface area contributed by atoms with Crippen LogP contribution in [0.5, 0.6) is 5.75 Å². The van der Waals surface area contributed by atoms with Gasteiger partial charge in [-0.15, -0.1) is 0 Å². The lowest BCUT2D eigenvalue weighted by molar-refractivity contribution is 0.114. The smallest absolute Gasteiger partial charge is 0.123 e. The molecular weight excluding hydrogens is 226 g/mol. The normalized spacial score (nSPS) is 18.3. The molecule has 0 bridgehead atoms. The van der Waals surface area contributed by atoms with Crippen molar-refractivity contribution in [3.05, 3.63) is 23.9 Å². The van der Waals surface area contributed by atoms with E-state index in [2.05, 4.69) is 29.1 Å². The zero-order chi connectivity index (χ0) is 12.5. The van der Waals surface area contributed by atoms with Crippen LogP contribution in [0.3, 0.4) is 0 Å². The number of aryl methyl sites for hydroxylation is 1. The number of fused-ring (bicyclic) bond motifs is 1. The van der Waals surface area contributed by atoms with Crippen LogP contribution in [0.4, 0.5) is 0 Å². The van der Waals surface area contributed by atoms with Crippen LogP contribution in [-0.2, 0) is 0 Å². The molecule has 0 saturated carbocycles. The second kappa shape index (κ2) is 4.61. The van der Waals surface area contributed by atoms with Crippen LogP contribution < -0.4 is 4.74 Å². The van der Waals surface area contributed by atoms with E-state index in [1.807, 2.05) is 18.3 Å². The van der Waals surface area contributed by atoms with Gasteiger partial charge in [0.1, 0.15) is 11.9 Å². The molecule has 1 aliphatic rings. The fourth-order valence-electron chi connectivity index (χ4n) is 2.55. The molecule has 0 radical (unpaired) electrons. The molecule has 0 atom stereocenters. The molecule has 2 aromatic rings. The highest BCUT2D eigenvalue weighted by atomic mass is 16.5. The first-order valence-corrected chi connectivity index (χ1v) is 6.52. The molecule has 4 heteroatoms. The lowest BCUT2D eigenvalue weighted by atomic mass is 10.1. The molecule has 0 aliphatic carbocycles. The van der Waals surface area contributed by atoms with E-state index in [1.165, 1.54) is 5.56 Å². The quantitative estimate of drug-likeness (QED) is 0.883. The van der Waals surface area contributed by atoms with Crippen LogP contribution in [0.25, 0.3) is 10.9 Å². The molecule has 0 amide bonds. The van der Waals surface area contributed by atoms with Gasteiger partial charge in [0.05, 0.1) is 11.7 Å². The van der Waals surface area contributed by atoms with E-state index in [1.54, 1.807) is 0 Å². The fourth-order valence-corrected chi connectivity index (χ4v) is 2.55. The Kier molecular flexibility index (Phi) is 2.96. The number of nitrogens with one attached hydrogen (secondary N) is 1. The molecular formula is C14H19N3O. The first-order valence-electron chi connectivity index (χ1n) is 6.52. The summed E-state index contributed by atoms with van der Waals surface area (Å²) in [6.45, 7) is 4.34. The average molecular weight is 245 g/mol. The standard InChI is InChI=1S/C14H19N3O/c1-10-12-9-15-16-13(12)3-4-14(10)18-11-5-7-17(2)8-6-11/h3-4,9,11H,5-8H2,1-2H3,(H,15,16). The Morgan fingerprint density at radius 1 is 1.33 bits per heavy atom. The largest absolute Gasteiger partial charge is 0.490 e. The van der Waals surface area contributed by atoms with Crippen LogP contribution in [0, 0.1) is 6.92 Å². The number of H-pyrrole nitrogens is 1. The van der Waals surface area contributed by atoms with E-state index >= 15 is 0 Å². The maximum Gasteiger partial charge on any atom is 0.123 e. The van der Waals surface area contributed by atoms with E-state index < -0.39 is 0 Å². The predicted octanol–water partition coefficient (Wildman–Crippen LogP) is 2.34. The first-order chi connectivity index (χ1) is 8.74. The number of aromatic amines is 1. The zero-order valence-electron chi connectivity index (χ0n) is 10.9. The molecule has 1 N–H and O–H groups in total. The van der Waals surface area contributed by atoms with Crippen LogP contribution in [-0.4, -0.2) is 41.3 Å². The Morgan fingerprint density at radius 2 is 2.11 bits per heavy atom. The highest BCUT2D eigenvalue weighted by Crippen LogP contribution is 2.28. The number of nitrogens with zero attached hydrogens (tertiary/aromatic N) is 2. The Balaban J connectivity index is 1.80. The van der Waals surface area contributed by atoms with Crippen molar-refractivity contribution in [1.82, 2.24) is 15.1 Å². The van der Waals surface area contributed by atoms with Crippen LogP contribution in [0.2, 0.25) is 0 Å². The van der Waals surface area contributed by atoms with E-state index in [9.17, 15) is 0 Å². The van der Waals surface area contributed by atoms with Gasteiger partial charge in [0, 0.05) is 24.0 Å². The molecule has 18 heavy (non-hydrogen) atoms. The minimum absolute atomic E-state index is 0.351. The molecule has 1 fully saturated rings. The van der Waals surface area contributed by atoms with Gasteiger partial charge in [-0.2, -0.15) is 5.10 Å². The predicted molar refractivity (Wildman–Crippen MR) is 72.0 cm³/mol. The molecule has 0 spiro atoms. The maximum atomic E-state index is 6.14. The van der Waals surface area contributed by atoms with Crippen molar-refractivity contribution in [2.45, 2.75) is 25.9 Å². The average Bonchev–Trinajstić information content (AvgIpc) is 2.84. The molecule has 2 heterocycles. The lowest BCUT2D eigenvalue weighted by Crippen LogP contribution is -2.35. The number of hydrogen-bond acceptors (Lipinski definition) is 3. The summed E-state index contributed by atoms with van der Waals surface area (Å²) in [7, 11) is 2.17. The fraction of sp³-hybridized carbons (Fsp3) is 0.500. The number of rotatable bonds is 2. The minimum Gasteiger partial charge on any atom is -0.490 e. The third-order valence-electron chi connectivity index (χ3n) is 3.80. The Bertz CT molecular complexity index is 541. The van der Waals surface area contributed by atoms with Gasteiger partial charge in [-0.25, -0.2) is 0 Å². The van der Waals surface area contributed by atoms with Crippen molar-refractivity contribution in [1.29, 1.82) is 0 Å². The summed E-state index contributed by atoms with van der Waals surface area (Å²) in [5.41, 5.74) is 2.25. The summed E-state index contributed by atoms with van der Waals surface area (Å²) < 4.78 is 6.14. The van der Waals surface area contributed by atoms with Gasteiger partial charge >= 0.3 is 0 Å². The number of aromatic nitrogens is 2. The van der Waals surface area contributed by atoms with Gasteiger partial charge in [-0.3, -0.25) is 5.10 Å². The number of likely N-dealkylation sites (tertiary alicyclic amines) is 1. The summed E-state index contributed by atoms with van der Waals surface area (Å²) in [4.78, 5) is 2.35. The number of benzene rings is 1. The summed E-state index contributed by atoms with van der Waals surface area (Å²) >= 11 is 0. The maximum absolute atomic E-state index is 6.14. The van der Waals surface area contributed by atoms with Gasteiger partial charge in [-0.1, -0.05) is 0 Å². The van der Waals surface area contributed by atoms with Crippen LogP contribution in [0.15, 0.2) is 18.3 Å². The van der Waals surface area contributed by atoms with Crippen molar-refractivity contribution >= 4 is 10.9 Å². The Morgan fingerprint density at radius 3 is 2.89 bits per heavy atom. The van der Waals surface area contributed by atoms with Crippen LogP contribution in [0.1, 0.15) is 18.4 Å². The van der Waals surface area contributed by atoms with Gasteiger partial charge in [0.2, 0.25) is 0 Å². The summed E-state index contributed by atoms with van der Waals surface area (Å²) in [5.74, 6) is 0.999. The van der Waals surface area contributed by atoms with Gasteiger partial charge < -0.3 is 9.64 Å². The van der Waals surface area contributed by atoms with E-state index in [-0.39, 0.29) is 0 Å². The molecule has 3 rings (SSSR count). The third kappa shape index (κ3) is 2.08. The molecule has 96 valence electrons. The van der Waals surface area contributed by atoms with E-state index in [0.29, 0.717) is 6.10 Å². The van der Waals surface area contributed by atoms with Gasteiger partial charge in [-0.05, 0) is 38.9 Å². The highest BCUT2D eigenvalue weighted by molar-refractivity contribution is 5.83. The third-order valence-corrected chi connectivity index (χ3v) is 3.80. The molecule has 0 unspecified atom stereocenters. The lowest BCUT2D eigenvalue weighted by Gasteiger charge is -2.29. The molecule has 1 aliphatic heterocycles. The second-order valence-corrected chi connectivity index (χ2v) is 5.14. The summed E-state index contributed by atoms with van der Waals surface area (Å²) in [6.07, 6.45) is 4.44. The SMILES string of the molecule is Cc1c(OC2CCN(C)CC2)ccc2[nH]ncc12. The second-order valence-electron chi connectivity index (χ2n) is 5.14. The van der Waals surface area contributed by atoms with Crippen molar-refractivity contribution < 1.29 is 4.74 Å². The van der Waals surface area contributed by atoms with Gasteiger partial charge in [0.25, 0.3) is 0 Å². The van der Waals surface area contributed by atoms with Crippen LogP contribution >= 0.6 is 0 Å². The van der Waals surface area contributed by atoms with Gasteiger partial charge in [0.15, 0.2) is 0 Å². The monoisotopic (exact) mass is 245 g/mol. The topological polar surface area (TPSA) is 41.1 Å². The minimum atomic E-state index is 0.351. The van der Waals surface area contributed by atoms with Crippen molar-refractivity contribution in [3.8, 4) is 5.75 Å². The van der Waals surface area contributed by atoms with Crippen molar-refractivity contribution in [2.24, 2.45) is 0 Å². The first kappa shape index (κ1) is 11.5. The van der Waals surface area contributed by atoms with E-state index in [0.717, 1.165) is 42.6 Å². The van der Waals surface area contributed by atoms with Crippen molar-refractivity contribution in [2.75, 3.05) is 20.1 Å². The molecule has 1 aromatic heterocycles. The zero-order valence-corrected chi connectivity index (χ0v) is 10.9. The number of piperidine rings is 1. The Hall–Kier alpha value is -1.55. The summed E-state index contributed by atoms with van der Waals surface area (Å²) in [5, 5.41) is 8.21.